The number of aliphatic hydroxyl groups excluding tert-OH is 3. The van der Waals surface area contributed by atoms with Crippen molar-refractivity contribution in [3.05, 3.63) is 370 Å². The Morgan fingerprint density at radius 1 is 0.409 bits per heavy atom. The van der Waals surface area contributed by atoms with E-state index in [1.54, 1.807) is 74.5 Å². The molecule has 0 aromatic heterocycles. The molecule has 702 valence electrons. The summed E-state index contributed by atoms with van der Waals surface area (Å²) < 4.78 is 87.0. The summed E-state index contributed by atoms with van der Waals surface area (Å²) in [6.45, 7) is 20.1. The van der Waals surface area contributed by atoms with E-state index in [9.17, 15) is 65.6 Å². The average Bonchev–Trinajstić information content (AvgIpc) is 0.772. The van der Waals surface area contributed by atoms with Gasteiger partial charge in [-0.1, -0.05) is 216 Å². The molecule has 132 heavy (non-hydrogen) atoms. The van der Waals surface area contributed by atoms with Crippen LogP contribution in [0.5, 0.6) is 0 Å². The monoisotopic (exact) mass is 1870 g/mol. The molecular weight excluding hydrogens is 1750 g/mol. The van der Waals surface area contributed by atoms with Crippen molar-refractivity contribution in [2.75, 3.05) is 98.3 Å². The second-order valence-electron chi connectivity index (χ2n) is 34.8. The summed E-state index contributed by atoms with van der Waals surface area (Å²) in [5, 5.41) is 34.2. The highest BCUT2D eigenvalue weighted by Crippen LogP contribution is 2.36. The molecule has 16 nitrogen and oxygen atoms in total. The normalized spacial score (nSPS) is 21.2. The van der Waals surface area contributed by atoms with Crippen LogP contribution in [0.1, 0.15) is 108 Å². The first-order chi connectivity index (χ1) is 63.9. The average molecular weight is 1880 g/mol. The van der Waals surface area contributed by atoms with Crippen molar-refractivity contribution in [1.29, 1.82) is 0 Å². The Bertz CT molecular complexity index is 5070. The first-order valence-corrected chi connectivity index (χ1v) is 47.1. The van der Waals surface area contributed by atoms with E-state index in [1.807, 2.05) is 115 Å². The third-order valence-electron chi connectivity index (χ3n) is 24.8. The van der Waals surface area contributed by atoms with E-state index < -0.39 is 17.3 Å². The van der Waals surface area contributed by atoms with E-state index in [0.717, 1.165) is 155 Å². The molecule has 23 heteroatoms. The van der Waals surface area contributed by atoms with Gasteiger partial charge in [0, 0.05) is 76.7 Å². The number of carbonyl (C=O) groups excluding carboxylic acids is 5. The van der Waals surface area contributed by atoms with Gasteiger partial charge in [-0.3, -0.25) is 48.5 Å². The minimum atomic E-state index is -1.19. The fraction of sp³-hybridized carbons (Fsp3) is 0.385. The molecule has 9 atom stereocenters. The number of ketones is 3. The minimum absolute atomic E-state index is 0.0272. The number of β-amino-alcohol motifs (C(OH)–C–C–N with tert-alkyl or cyclic N) is 3. The molecule has 10 aromatic carbocycles. The number of esters is 2. The number of piperidine rings is 6. The number of ether oxygens (including phenoxy) is 2. The molecule has 16 rings (SSSR count). The van der Waals surface area contributed by atoms with Gasteiger partial charge in [-0.05, 0) is 257 Å². The number of rotatable bonds is 25. The van der Waals surface area contributed by atoms with Crippen molar-refractivity contribution in [3.63, 3.8) is 0 Å². The number of halogens is 7. The molecule has 4 N–H and O–H groups in total. The number of likely N-dealkylation sites (tertiary alicyclic amines) is 5. The number of hydrogen-bond donors (Lipinski definition) is 4. The second kappa shape index (κ2) is 55.3. The van der Waals surface area contributed by atoms with Gasteiger partial charge < -0.3 is 30.1 Å². The quantitative estimate of drug-likeness (QED) is 0.0139. The number of nitrogens with zero attached hydrogens (tertiary/aromatic N) is 5. The maximum absolute atomic E-state index is 13.2. The number of benzene rings is 10. The molecule has 10 aromatic rings. The zero-order valence-corrected chi connectivity index (χ0v) is 77.4. The lowest BCUT2D eigenvalue weighted by Crippen LogP contribution is -2.53. The van der Waals surface area contributed by atoms with Crippen LogP contribution in [0.25, 0.3) is 0 Å². The highest BCUT2D eigenvalue weighted by atomic mass is 79.9. The van der Waals surface area contributed by atoms with E-state index in [2.05, 4.69) is 76.6 Å². The lowest BCUT2D eigenvalue weighted by Gasteiger charge is -2.38. The van der Waals surface area contributed by atoms with Crippen LogP contribution in [-0.4, -0.2) is 186 Å². The van der Waals surface area contributed by atoms with E-state index >= 15 is 0 Å². The predicted octanol–water partition coefficient (Wildman–Crippen LogP) is 18.0. The van der Waals surface area contributed by atoms with Crippen LogP contribution in [0, 0.1) is 69.9 Å². The number of alkyl halides is 1. The molecule has 0 aliphatic carbocycles. The Morgan fingerprint density at radius 3 is 1.14 bits per heavy atom. The van der Waals surface area contributed by atoms with E-state index in [4.69, 9.17) is 9.47 Å². The van der Waals surface area contributed by atoms with Gasteiger partial charge in [0.2, 0.25) is 0 Å². The first kappa shape index (κ1) is 104. The predicted molar refractivity (Wildman–Crippen MR) is 510 cm³/mol. The Balaban J connectivity index is 0.000000162. The number of hydrogen-bond acceptors (Lipinski definition) is 16. The fourth-order valence-electron chi connectivity index (χ4n) is 17.3. The van der Waals surface area contributed by atoms with E-state index in [-0.39, 0.29) is 108 Å². The van der Waals surface area contributed by atoms with Crippen LogP contribution in [0.2, 0.25) is 0 Å². The third-order valence-corrected chi connectivity index (χ3v) is 25.5. The van der Waals surface area contributed by atoms with Crippen LogP contribution < -0.4 is 5.32 Å². The minimum Gasteiger partial charge on any atom is -0.465 e. The molecule has 0 amide bonds. The SMILES string of the molecule is C=CCN1CC[C@@H](Cc2ccc(F)cc2)[C@@H](O)C1.CCOC(=O)C1(Cc2ccc(F)cc2)CCN(Cc2ccccc2)CC1=O.CCOC(=O)C1CCN(Cc2ccccc2)CC1=O.Fc1ccc(CBr)cc1.O=C1CN(Cc2ccccc2)CCC1Cc1ccc(F)cc1.O[C@H]1CN(Cc2ccccc2)CC[C@H]1Cc1ccc(F)cc1.O[C@H]1CNCC[C@H]1Cc1ccc(F)cc1. The van der Waals surface area contributed by atoms with Crippen molar-refractivity contribution in [2.45, 2.75) is 134 Å². The van der Waals surface area contributed by atoms with Gasteiger partial charge in [-0.15, -0.1) is 6.58 Å². The lowest BCUT2D eigenvalue weighted by molar-refractivity contribution is -0.164. The number of aliphatic hydroxyl groups is 3. The van der Waals surface area contributed by atoms with Crippen molar-refractivity contribution < 1.29 is 75.1 Å². The molecule has 0 saturated carbocycles. The molecule has 6 saturated heterocycles. The topological polar surface area (TPSA) is 193 Å². The summed E-state index contributed by atoms with van der Waals surface area (Å²) in [4.78, 5) is 72.6. The Kier molecular flexibility index (Phi) is 43.4. The van der Waals surface area contributed by atoms with E-state index in [0.29, 0.717) is 77.0 Å². The molecule has 0 spiro atoms. The first-order valence-electron chi connectivity index (χ1n) is 46.0. The summed E-state index contributed by atoms with van der Waals surface area (Å²) in [6.07, 6.45) is 9.19. The standard InChI is InChI=1S/C22H24FNO3.C19H22FNO.C19H20FNO.C15H20FNO.C15H19NO3.C12H16FNO.C7H6BrF/c1-2-27-21(26)22(14-17-8-10-19(23)11-9-17)12-13-24(16-20(22)25)15-18-6-4-3-5-7-18;2*20-18-8-6-15(7-9-18)12-17-10-11-21(14-19(17)22)13-16-4-2-1-3-5-16;1-2-8-17-9-7-13(15(18)11-17)10-12-3-5-14(16)6-4-12;1-2-19-15(18)13-8-9-16(11-14(13)17)10-12-6-4-3-5-7-12;13-11-3-1-9(2-4-11)7-10-5-6-14-8-12(10)15;8-5-6-1-3-7(9)4-2-6/h3-11H,2,12-16H2,1H3;1-9,17,19,22H,10-14H2;1-9,17H,10-14H2;2-6,13,15,18H,1,7-11H2;3-7,13H,2,8-11H2,1H3;1-4,10,12,14-15H,5-8H2;1-4H,5H2/t;17-,19-;;13-,15-;;10-,12-;/m.0.0.0./s1. The van der Waals surface area contributed by atoms with Gasteiger partial charge in [0.1, 0.15) is 52.0 Å². The molecule has 6 fully saturated rings. The highest BCUT2D eigenvalue weighted by Gasteiger charge is 2.50. The van der Waals surface area contributed by atoms with Gasteiger partial charge in [-0.2, -0.15) is 0 Å². The Hall–Kier alpha value is -10.4. The molecular formula is C109H127BrF6N6O10. The van der Waals surface area contributed by atoms with Crippen LogP contribution in [0.4, 0.5) is 26.3 Å². The Morgan fingerprint density at radius 2 is 0.765 bits per heavy atom. The summed E-state index contributed by atoms with van der Waals surface area (Å²) in [7, 11) is 0. The van der Waals surface area contributed by atoms with Crippen LogP contribution in [-0.2, 0) is 97.1 Å². The summed E-state index contributed by atoms with van der Waals surface area (Å²) in [5.74, 6) is -1.73. The Labute approximate surface area is 783 Å². The fourth-order valence-corrected chi connectivity index (χ4v) is 17.7. The van der Waals surface area contributed by atoms with Gasteiger partial charge in [0.05, 0.1) is 51.2 Å². The van der Waals surface area contributed by atoms with Gasteiger partial charge >= 0.3 is 11.9 Å². The van der Waals surface area contributed by atoms with Gasteiger partial charge in [0.25, 0.3) is 0 Å². The number of nitrogens with one attached hydrogen (secondary N) is 1. The zero-order chi connectivity index (χ0) is 94.0. The van der Waals surface area contributed by atoms with E-state index in [1.165, 1.54) is 89.5 Å². The van der Waals surface area contributed by atoms with Crippen molar-refractivity contribution >= 4 is 45.2 Å². The molecule has 0 bridgehead atoms. The molecule has 6 aliphatic rings. The molecule has 0 radical (unpaired) electrons. The summed E-state index contributed by atoms with van der Waals surface area (Å²) >= 11 is 3.26. The molecule has 6 aliphatic heterocycles. The van der Waals surface area contributed by atoms with Crippen molar-refractivity contribution in [3.8, 4) is 0 Å². The maximum atomic E-state index is 13.2. The van der Waals surface area contributed by atoms with Gasteiger partial charge in [-0.25, -0.2) is 26.3 Å². The second-order valence-corrected chi connectivity index (χ2v) is 35.3. The molecule has 6 heterocycles. The summed E-state index contributed by atoms with van der Waals surface area (Å²) in [6, 6.07) is 79.2. The molecule has 3 unspecified atom stereocenters. The number of carbonyl (C=O) groups is 5. The maximum Gasteiger partial charge on any atom is 0.320 e. The third kappa shape index (κ3) is 35.2. The van der Waals surface area contributed by atoms with Crippen LogP contribution >= 0.6 is 15.9 Å². The van der Waals surface area contributed by atoms with Crippen molar-refractivity contribution in [1.82, 2.24) is 29.8 Å². The highest BCUT2D eigenvalue weighted by molar-refractivity contribution is 9.08. The van der Waals surface area contributed by atoms with Gasteiger partial charge in [0.15, 0.2) is 11.6 Å². The summed E-state index contributed by atoms with van der Waals surface area (Å²) in [5.41, 5.74) is 9.83. The van der Waals surface area contributed by atoms with Crippen LogP contribution in [0.15, 0.2) is 280 Å². The largest absolute Gasteiger partial charge is 0.465 e. The lowest BCUT2D eigenvalue weighted by atomic mass is 9.72. The zero-order valence-electron chi connectivity index (χ0n) is 75.8. The number of Topliss-reactive ketones (excluding diaryl/α,β-unsaturated/α-hetero) is 3. The van der Waals surface area contributed by atoms with Crippen LogP contribution in [0.3, 0.4) is 0 Å². The van der Waals surface area contributed by atoms with Crippen molar-refractivity contribution in [2.24, 2.45) is 35.0 Å². The smallest absolute Gasteiger partial charge is 0.320 e.